The third-order valence-electron chi connectivity index (χ3n) is 5.38. The number of hydrogen-bond donors (Lipinski definition) is 0. The molecule has 0 bridgehead atoms. The van der Waals surface area contributed by atoms with E-state index in [1.54, 1.807) is 47.4 Å². The highest BCUT2D eigenvalue weighted by Crippen LogP contribution is 2.32. The molecule has 0 spiro atoms. The van der Waals surface area contributed by atoms with Gasteiger partial charge in [-0.1, -0.05) is 53.5 Å². The molecule has 3 aromatic carbocycles. The number of nitriles is 1. The number of nitrogens with zero attached hydrogens (tertiary/aromatic N) is 2. The average molecular weight is 479 g/mol. The van der Waals surface area contributed by atoms with Gasteiger partial charge in [-0.2, -0.15) is 5.26 Å². The van der Waals surface area contributed by atoms with Gasteiger partial charge < -0.3 is 14.4 Å². The zero-order valence-electron chi connectivity index (χ0n) is 17.8. The van der Waals surface area contributed by atoms with Crippen molar-refractivity contribution in [1.29, 1.82) is 5.26 Å². The van der Waals surface area contributed by atoms with Gasteiger partial charge in [0, 0.05) is 27.8 Å². The normalized spacial score (nSPS) is 12.8. The number of hydrogen-bond acceptors (Lipinski definition) is 4. The molecule has 0 aliphatic carbocycles. The summed E-state index contributed by atoms with van der Waals surface area (Å²) in [6, 6.07) is 20.2. The van der Waals surface area contributed by atoms with E-state index in [1.807, 2.05) is 30.3 Å². The van der Waals surface area contributed by atoms with Gasteiger partial charge in [0.25, 0.3) is 5.91 Å². The lowest BCUT2D eigenvalue weighted by Gasteiger charge is -2.17. The number of rotatable bonds is 6. The number of benzene rings is 3. The maximum absolute atomic E-state index is 13.0. The Morgan fingerprint density at radius 2 is 1.94 bits per heavy atom. The first-order valence-electron chi connectivity index (χ1n) is 10.3. The van der Waals surface area contributed by atoms with Crippen molar-refractivity contribution in [3.05, 3.63) is 93.0 Å². The lowest BCUT2D eigenvalue weighted by Crippen LogP contribution is -2.29. The number of amides is 1. The molecule has 0 fully saturated rings. The maximum atomic E-state index is 13.0. The molecule has 1 aliphatic heterocycles. The fourth-order valence-corrected chi connectivity index (χ4v) is 4.15. The van der Waals surface area contributed by atoms with E-state index in [1.165, 1.54) is 7.11 Å². The fraction of sp³-hybridized carbons (Fsp3) is 0.154. The summed E-state index contributed by atoms with van der Waals surface area (Å²) in [5.74, 6) is 0.670. The van der Waals surface area contributed by atoms with Gasteiger partial charge in [-0.15, -0.1) is 0 Å². The van der Waals surface area contributed by atoms with Crippen LogP contribution in [0.2, 0.25) is 10.0 Å². The Morgan fingerprint density at radius 1 is 1.12 bits per heavy atom. The van der Waals surface area contributed by atoms with Crippen LogP contribution in [0.25, 0.3) is 6.08 Å². The number of fused-ring (bicyclic) bond motifs is 1. The van der Waals surface area contributed by atoms with Gasteiger partial charge in [-0.3, -0.25) is 4.79 Å². The van der Waals surface area contributed by atoms with E-state index in [2.05, 4.69) is 0 Å². The van der Waals surface area contributed by atoms with Crippen molar-refractivity contribution in [2.75, 3.05) is 18.6 Å². The molecule has 3 aromatic rings. The largest absolute Gasteiger partial charge is 0.493 e. The molecule has 1 amide bonds. The molecule has 0 saturated heterocycles. The number of carbonyl (C=O) groups is 1. The molecule has 0 N–H and O–H groups in total. The van der Waals surface area contributed by atoms with Crippen LogP contribution in [0.1, 0.15) is 16.7 Å². The summed E-state index contributed by atoms with van der Waals surface area (Å²) in [6.07, 6.45) is 2.34. The number of carbonyl (C=O) groups excluding carboxylic acids is 1. The molecule has 33 heavy (non-hydrogen) atoms. The number of anilines is 1. The lowest BCUT2D eigenvalue weighted by atomic mass is 10.1. The molecule has 0 saturated carbocycles. The van der Waals surface area contributed by atoms with E-state index in [-0.39, 0.29) is 18.1 Å². The summed E-state index contributed by atoms with van der Waals surface area (Å²) < 4.78 is 11.3. The van der Waals surface area contributed by atoms with Crippen LogP contribution >= 0.6 is 23.2 Å². The van der Waals surface area contributed by atoms with E-state index >= 15 is 0 Å². The van der Waals surface area contributed by atoms with Gasteiger partial charge in [0.1, 0.15) is 18.2 Å². The van der Waals surface area contributed by atoms with Gasteiger partial charge >= 0.3 is 0 Å². The van der Waals surface area contributed by atoms with E-state index in [0.717, 1.165) is 23.2 Å². The highest BCUT2D eigenvalue weighted by Gasteiger charge is 2.26. The van der Waals surface area contributed by atoms with Crippen LogP contribution in [-0.4, -0.2) is 19.6 Å². The Hall–Kier alpha value is -3.46. The second-order valence-electron chi connectivity index (χ2n) is 7.44. The topological polar surface area (TPSA) is 62.6 Å². The van der Waals surface area contributed by atoms with Crippen LogP contribution in [0.3, 0.4) is 0 Å². The molecular formula is C26H20Cl2N2O3. The fourth-order valence-electron chi connectivity index (χ4n) is 3.69. The third-order valence-corrected chi connectivity index (χ3v) is 5.97. The van der Waals surface area contributed by atoms with Crippen molar-refractivity contribution in [1.82, 2.24) is 0 Å². The Bertz CT molecular complexity index is 1280. The predicted molar refractivity (Wildman–Crippen MR) is 130 cm³/mol. The van der Waals surface area contributed by atoms with Crippen molar-refractivity contribution >= 4 is 40.9 Å². The van der Waals surface area contributed by atoms with Crippen LogP contribution in [0, 0.1) is 11.3 Å². The molecule has 0 atom stereocenters. The summed E-state index contributed by atoms with van der Waals surface area (Å²) in [6.45, 7) is 0.790. The number of ether oxygens (including phenoxy) is 2. The molecule has 1 heterocycles. The van der Waals surface area contributed by atoms with Crippen molar-refractivity contribution < 1.29 is 14.3 Å². The smallest absolute Gasteiger partial charge is 0.268 e. The van der Waals surface area contributed by atoms with Gasteiger partial charge in [-0.25, -0.2) is 0 Å². The molecule has 5 nitrogen and oxygen atoms in total. The quantitative estimate of drug-likeness (QED) is 0.318. The Morgan fingerprint density at radius 3 is 2.70 bits per heavy atom. The van der Waals surface area contributed by atoms with Crippen molar-refractivity contribution in [2.45, 2.75) is 13.0 Å². The molecule has 0 radical (unpaired) electrons. The first-order valence-corrected chi connectivity index (χ1v) is 11.0. The van der Waals surface area contributed by atoms with Gasteiger partial charge in [0.15, 0.2) is 11.5 Å². The number of para-hydroxylation sites is 1. The Labute approximate surface area is 202 Å². The van der Waals surface area contributed by atoms with Gasteiger partial charge in [0.2, 0.25) is 0 Å². The molecular weight excluding hydrogens is 459 g/mol. The maximum Gasteiger partial charge on any atom is 0.268 e. The molecule has 7 heteroatoms. The molecule has 166 valence electrons. The zero-order chi connectivity index (χ0) is 23.4. The van der Waals surface area contributed by atoms with E-state index < -0.39 is 0 Å². The monoisotopic (exact) mass is 478 g/mol. The summed E-state index contributed by atoms with van der Waals surface area (Å²) in [5, 5.41) is 10.7. The summed E-state index contributed by atoms with van der Waals surface area (Å²) in [7, 11) is 1.53. The minimum Gasteiger partial charge on any atom is -0.493 e. The van der Waals surface area contributed by atoms with Crippen LogP contribution in [0.4, 0.5) is 5.69 Å². The summed E-state index contributed by atoms with van der Waals surface area (Å²) in [4.78, 5) is 14.7. The summed E-state index contributed by atoms with van der Waals surface area (Å²) >= 11 is 12.2. The highest BCUT2D eigenvalue weighted by atomic mass is 35.5. The summed E-state index contributed by atoms with van der Waals surface area (Å²) in [5.41, 5.74) is 3.45. The van der Waals surface area contributed by atoms with Crippen LogP contribution in [0.5, 0.6) is 11.5 Å². The van der Waals surface area contributed by atoms with Crippen molar-refractivity contribution in [2.24, 2.45) is 0 Å². The van der Waals surface area contributed by atoms with E-state index in [4.69, 9.17) is 32.7 Å². The molecule has 1 aliphatic rings. The van der Waals surface area contributed by atoms with Crippen molar-refractivity contribution in [3.63, 3.8) is 0 Å². The Kier molecular flexibility index (Phi) is 6.88. The first kappa shape index (κ1) is 22.7. The highest BCUT2D eigenvalue weighted by molar-refractivity contribution is 6.35. The van der Waals surface area contributed by atoms with Crippen LogP contribution in [0.15, 0.2) is 66.2 Å². The lowest BCUT2D eigenvalue weighted by molar-refractivity contribution is -0.114. The van der Waals surface area contributed by atoms with Gasteiger partial charge in [-0.05, 0) is 54.0 Å². The zero-order valence-corrected chi connectivity index (χ0v) is 19.4. The number of methoxy groups -OCH3 is 1. The average Bonchev–Trinajstić information content (AvgIpc) is 3.26. The standard InChI is InChI=1S/C26H20Cl2N2O3/c1-32-25-13-17(6-9-24(25)33-16-19-7-8-21(27)14-22(19)28)12-20(15-29)26(31)30-11-10-18-4-2-3-5-23(18)30/h2-9,12-14H,10-11,16H2,1H3/b20-12+. The Balaban J connectivity index is 1.53. The minimum atomic E-state index is -0.320. The van der Waals surface area contributed by atoms with Crippen LogP contribution < -0.4 is 14.4 Å². The van der Waals surface area contributed by atoms with E-state index in [9.17, 15) is 10.1 Å². The van der Waals surface area contributed by atoms with Crippen molar-refractivity contribution in [3.8, 4) is 17.6 Å². The van der Waals surface area contributed by atoms with E-state index in [0.29, 0.717) is 33.7 Å². The molecule has 0 aromatic heterocycles. The SMILES string of the molecule is COc1cc(/C=C(\C#N)C(=O)N2CCc3ccccc32)ccc1OCc1ccc(Cl)cc1Cl. The third kappa shape index (κ3) is 4.98. The molecule has 0 unspecified atom stereocenters. The second-order valence-corrected chi connectivity index (χ2v) is 8.28. The predicted octanol–water partition coefficient (Wildman–Crippen LogP) is 6.08. The minimum absolute atomic E-state index is 0.0513. The molecule has 4 rings (SSSR count). The first-order chi connectivity index (χ1) is 16.0. The number of halogens is 2. The van der Waals surface area contributed by atoms with Gasteiger partial charge in [0.05, 0.1) is 7.11 Å². The van der Waals surface area contributed by atoms with Crippen LogP contribution in [-0.2, 0) is 17.8 Å². The second kappa shape index (κ2) is 9.99.